The lowest BCUT2D eigenvalue weighted by Gasteiger charge is -2.09. The van der Waals surface area contributed by atoms with E-state index in [1.807, 2.05) is 24.4 Å². The number of hydrogen-bond donors (Lipinski definition) is 4. The number of phenols is 1. The highest BCUT2D eigenvalue weighted by atomic mass is 79.9. The number of carbonyl (C=O) groups is 3. The predicted molar refractivity (Wildman–Crippen MR) is 236 cm³/mol. The number of aromatic amines is 3. The standard InChI is InChI=1S/C17H13BrN2O3.C15H11BrN2O2.C8H6BrN.3CH4/c1-9-12(4-3-5-15(9)23-10(2)21)16(22)14-8-20-17-13(14)6-11(18)7-19-17;1-8-10(3-2-4-13(8)19)14(20)12-7-18-15-11(12)5-9(16)6-17-15;9-7-1-2-8-6(5-7)3-4-10-8;;;/h3-8H,1-2H3,(H,19,20);2-7,19H,1H3,(H,17,18);1-5,10H;3*1H4. The Labute approximate surface area is 350 Å². The van der Waals surface area contributed by atoms with Crippen molar-refractivity contribution >= 4 is 98.3 Å². The second-order valence-electron chi connectivity index (χ2n) is 11.8. The number of halogens is 3. The summed E-state index contributed by atoms with van der Waals surface area (Å²) in [6.45, 7) is 4.82. The van der Waals surface area contributed by atoms with Crippen LogP contribution in [0.1, 0.15) is 72.2 Å². The van der Waals surface area contributed by atoms with Gasteiger partial charge in [0, 0.05) is 106 Å². The third-order valence-electron chi connectivity index (χ3n) is 8.33. The quantitative estimate of drug-likeness (QED) is 0.0761. The van der Waals surface area contributed by atoms with Crippen LogP contribution < -0.4 is 4.74 Å². The molecule has 4 N–H and O–H groups in total. The van der Waals surface area contributed by atoms with Crippen molar-refractivity contribution in [1.29, 1.82) is 0 Å². The Hall–Kier alpha value is -5.37. The Balaban J connectivity index is 0.000000233. The van der Waals surface area contributed by atoms with E-state index < -0.39 is 5.97 Å². The molecule has 0 amide bonds. The number of pyridine rings is 2. The number of hydrogen-bond acceptors (Lipinski definition) is 7. The van der Waals surface area contributed by atoms with Crippen LogP contribution in [-0.2, 0) is 4.79 Å². The molecule has 8 rings (SSSR count). The largest absolute Gasteiger partial charge is 0.508 e. The highest BCUT2D eigenvalue weighted by Gasteiger charge is 2.20. The molecular formula is C43H42Br3N5O5. The van der Waals surface area contributed by atoms with Gasteiger partial charge in [-0.1, -0.05) is 62.5 Å². The summed E-state index contributed by atoms with van der Waals surface area (Å²) in [5, 5.41) is 12.5. The lowest BCUT2D eigenvalue weighted by molar-refractivity contribution is -0.131. The number of rotatable bonds is 5. The molecule has 290 valence electrons. The van der Waals surface area contributed by atoms with Crippen molar-refractivity contribution in [1.82, 2.24) is 24.9 Å². The monoisotopic (exact) mass is 945 g/mol. The fourth-order valence-electron chi connectivity index (χ4n) is 5.64. The summed E-state index contributed by atoms with van der Waals surface area (Å²) in [4.78, 5) is 54.2. The summed E-state index contributed by atoms with van der Waals surface area (Å²) >= 11 is 10.1. The van der Waals surface area contributed by atoms with Crippen LogP contribution in [0.3, 0.4) is 0 Å². The fraction of sp³-hybridized carbons (Fsp3) is 0.140. The number of nitrogens with zero attached hydrogens (tertiary/aromatic N) is 2. The molecule has 8 aromatic rings. The molecule has 0 aliphatic rings. The van der Waals surface area contributed by atoms with Crippen molar-refractivity contribution in [2.24, 2.45) is 0 Å². The maximum Gasteiger partial charge on any atom is 0.308 e. The van der Waals surface area contributed by atoms with E-state index in [1.165, 1.54) is 17.8 Å². The Morgan fingerprint density at radius 3 is 1.73 bits per heavy atom. The first-order valence-corrected chi connectivity index (χ1v) is 18.4. The van der Waals surface area contributed by atoms with E-state index in [0.717, 1.165) is 24.2 Å². The highest BCUT2D eigenvalue weighted by Crippen LogP contribution is 2.29. The van der Waals surface area contributed by atoms with Gasteiger partial charge in [0.25, 0.3) is 0 Å². The number of carbonyl (C=O) groups excluding carboxylic acids is 3. The molecule has 0 bridgehead atoms. The molecule has 13 heteroatoms. The summed E-state index contributed by atoms with van der Waals surface area (Å²) in [7, 11) is 0. The molecule has 5 heterocycles. The van der Waals surface area contributed by atoms with Crippen molar-refractivity contribution in [2.75, 3.05) is 0 Å². The Morgan fingerprint density at radius 2 is 1.18 bits per heavy atom. The first-order valence-electron chi connectivity index (χ1n) is 16.0. The van der Waals surface area contributed by atoms with Crippen molar-refractivity contribution in [2.45, 2.75) is 43.1 Å². The van der Waals surface area contributed by atoms with E-state index in [4.69, 9.17) is 4.74 Å². The summed E-state index contributed by atoms with van der Waals surface area (Å²) in [5.74, 6) is -0.192. The minimum atomic E-state index is -0.419. The zero-order valence-corrected chi connectivity index (χ0v) is 33.2. The van der Waals surface area contributed by atoms with Gasteiger partial charge in [-0.3, -0.25) is 14.4 Å². The number of aromatic hydroxyl groups is 1. The molecule has 56 heavy (non-hydrogen) atoms. The lowest BCUT2D eigenvalue weighted by atomic mass is 9.98. The minimum Gasteiger partial charge on any atom is -0.508 e. The molecule has 0 aliphatic heterocycles. The molecule has 0 radical (unpaired) electrons. The number of benzene rings is 3. The summed E-state index contributed by atoms with van der Waals surface area (Å²) < 4.78 is 7.87. The van der Waals surface area contributed by atoms with Gasteiger partial charge in [0.15, 0.2) is 11.6 Å². The smallest absolute Gasteiger partial charge is 0.308 e. The predicted octanol–water partition coefficient (Wildman–Crippen LogP) is 12.2. The zero-order chi connectivity index (χ0) is 37.8. The van der Waals surface area contributed by atoms with Gasteiger partial charge in [0.05, 0.1) is 0 Å². The number of nitrogens with one attached hydrogen (secondary N) is 3. The van der Waals surface area contributed by atoms with E-state index in [9.17, 15) is 19.5 Å². The van der Waals surface area contributed by atoms with Crippen LogP contribution in [0.2, 0.25) is 0 Å². The van der Waals surface area contributed by atoms with Gasteiger partial charge in [-0.15, -0.1) is 0 Å². The van der Waals surface area contributed by atoms with Crippen LogP contribution in [-0.4, -0.2) is 47.6 Å². The average Bonchev–Trinajstić information content (AvgIpc) is 3.88. The molecule has 0 atom stereocenters. The molecule has 0 saturated heterocycles. The van der Waals surface area contributed by atoms with E-state index in [1.54, 1.807) is 75.0 Å². The van der Waals surface area contributed by atoms with Gasteiger partial charge in [-0.05, 0) is 94.2 Å². The third-order valence-corrected chi connectivity index (χ3v) is 9.69. The van der Waals surface area contributed by atoms with E-state index >= 15 is 0 Å². The van der Waals surface area contributed by atoms with Gasteiger partial charge >= 0.3 is 5.97 Å². The van der Waals surface area contributed by atoms with Gasteiger partial charge in [0.1, 0.15) is 22.8 Å². The molecule has 3 aromatic carbocycles. The van der Waals surface area contributed by atoms with Gasteiger partial charge < -0.3 is 24.8 Å². The molecule has 0 unspecified atom stereocenters. The topological polar surface area (TPSA) is 154 Å². The normalized spacial score (nSPS) is 10.2. The molecule has 5 aromatic heterocycles. The number of aromatic nitrogens is 5. The van der Waals surface area contributed by atoms with Crippen LogP contribution in [0, 0.1) is 13.8 Å². The minimum absolute atomic E-state index is 0. The maximum absolute atomic E-state index is 12.9. The summed E-state index contributed by atoms with van der Waals surface area (Å²) in [6, 6.07) is 21.9. The Morgan fingerprint density at radius 1 is 0.643 bits per heavy atom. The second kappa shape index (κ2) is 19.5. The van der Waals surface area contributed by atoms with Crippen LogP contribution in [0.4, 0.5) is 0 Å². The zero-order valence-electron chi connectivity index (χ0n) is 28.4. The average molecular weight is 949 g/mol. The first kappa shape index (κ1) is 45.0. The van der Waals surface area contributed by atoms with Crippen molar-refractivity contribution in [3.63, 3.8) is 0 Å². The van der Waals surface area contributed by atoms with Crippen molar-refractivity contribution in [3.05, 3.63) is 151 Å². The molecule has 10 nitrogen and oxygen atoms in total. The fourth-order valence-corrected chi connectivity index (χ4v) is 6.68. The number of fused-ring (bicyclic) bond motifs is 3. The number of esters is 1. The Kier molecular flexibility index (Phi) is 15.7. The van der Waals surface area contributed by atoms with Crippen LogP contribution >= 0.6 is 47.8 Å². The molecular weight excluding hydrogens is 906 g/mol. The molecule has 0 spiro atoms. The number of H-pyrrole nitrogens is 3. The molecule has 0 saturated carbocycles. The summed E-state index contributed by atoms with van der Waals surface area (Å²) in [6.07, 6.45) is 8.57. The SMILES string of the molecule is Brc1ccc2[nH]ccc2c1.C.C.C.CC(=O)Oc1cccc(C(=O)c2c[nH]c3ncc(Br)cc23)c1C.Cc1c(O)cccc1C(=O)c1c[nH]c2ncc(Br)cc12. The summed E-state index contributed by atoms with van der Waals surface area (Å²) in [5.41, 5.74) is 5.75. The number of ether oxygens (including phenoxy) is 1. The molecule has 0 aliphatic carbocycles. The lowest BCUT2D eigenvalue weighted by Crippen LogP contribution is -2.07. The van der Waals surface area contributed by atoms with Crippen molar-refractivity contribution in [3.8, 4) is 11.5 Å². The van der Waals surface area contributed by atoms with E-state index in [0.29, 0.717) is 50.4 Å². The number of ketones is 2. The van der Waals surface area contributed by atoms with E-state index in [-0.39, 0.29) is 39.6 Å². The van der Waals surface area contributed by atoms with E-state index in [2.05, 4.69) is 90.9 Å². The van der Waals surface area contributed by atoms with Gasteiger partial charge in [-0.2, -0.15) is 0 Å². The molecule has 0 fully saturated rings. The second-order valence-corrected chi connectivity index (χ2v) is 14.6. The van der Waals surface area contributed by atoms with Crippen LogP contribution in [0.15, 0.2) is 117 Å². The van der Waals surface area contributed by atoms with Crippen LogP contribution in [0.5, 0.6) is 11.5 Å². The van der Waals surface area contributed by atoms with Gasteiger partial charge in [-0.25, -0.2) is 9.97 Å². The van der Waals surface area contributed by atoms with Crippen molar-refractivity contribution < 1.29 is 24.2 Å². The first-order chi connectivity index (χ1) is 25.4. The van der Waals surface area contributed by atoms with Crippen LogP contribution in [0.25, 0.3) is 33.0 Å². The number of phenolic OH excluding ortho intramolecular Hbond substituents is 1. The van der Waals surface area contributed by atoms with Gasteiger partial charge in [0.2, 0.25) is 0 Å². The maximum atomic E-state index is 12.9. The third kappa shape index (κ3) is 9.89. The Bertz CT molecular complexity index is 2660. The highest BCUT2D eigenvalue weighted by molar-refractivity contribution is 9.11.